The Bertz CT molecular complexity index is 1190. The molecule has 260 valence electrons. The number of aliphatic hydroxyl groups excluding tert-OH is 2. The molecule has 3 saturated carbocycles. The van der Waals surface area contributed by atoms with Crippen molar-refractivity contribution in [2.75, 3.05) is 6.61 Å². The predicted octanol–water partition coefficient (Wildman–Crippen LogP) is 7.68. The standard InChI is InChI=1S/C36H59N3O7/c1-21(9-13-28(38-43)33(4,5)39-44)23-15-16-36(8)27-12-10-24-25(34(27,6)17-18-35(23,36)7)11-14-29(32(24,2)3)46-31-30(41)26(37-42)19-22(20-40)45-31/h10,21-23,25-31,40-41H,9,11-20H2,1-8H3/t21-,22+,23?,25?,26+,27?,28-,29+,30-,31+,34+,35-,36+/m1/s1. The Balaban J connectivity index is 1.33. The van der Waals surface area contributed by atoms with Crippen LogP contribution in [0, 0.1) is 60.1 Å². The van der Waals surface area contributed by atoms with Crippen molar-refractivity contribution in [3.8, 4) is 0 Å². The average Bonchev–Trinajstić information content (AvgIpc) is 3.30. The number of nitroso groups, excluding NO2 is 3. The van der Waals surface area contributed by atoms with Gasteiger partial charge >= 0.3 is 0 Å². The van der Waals surface area contributed by atoms with Gasteiger partial charge in [0.1, 0.15) is 23.7 Å². The fraction of sp³-hybridized carbons (Fsp3) is 0.944. The topological polar surface area (TPSA) is 147 Å². The maximum Gasteiger partial charge on any atom is 0.186 e. The Hall–Kier alpha value is -1.62. The summed E-state index contributed by atoms with van der Waals surface area (Å²) in [6.07, 6.45) is 8.86. The lowest BCUT2D eigenvalue weighted by molar-refractivity contribution is -0.279. The number of fused-ring (bicyclic) bond motifs is 5. The molecule has 0 bridgehead atoms. The molecule has 0 aromatic carbocycles. The van der Waals surface area contributed by atoms with E-state index in [1.807, 2.05) is 0 Å². The maximum atomic E-state index is 11.6. The van der Waals surface area contributed by atoms with Crippen LogP contribution in [-0.2, 0) is 9.47 Å². The van der Waals surface area contributed by atoms with Crippen LogP contribution in [0.5, 0.6) is 0 Å². The first kappa shape index (κ1) is 35.7. The van der Waals surface area contributed by atoms with Crippen LogP contribution in [-0.4, -0.2) is 59.0 Å². The van der Waals surface area contributed by atoms with Gasteiger partial charge in [-0.3, -0.25) is 0 Å². The van der Waals surface area contributed by atoms with Crippen LogP contribution in [0.3, 0.4) is 0 Å². The molecular weight excluding hydrogens is 586 g/mol. The van der Waals surface area contributed by atoms with Gasteiger partial charge in [0.15, 0.2) is 6.29 Å². The summed E-state index contributed by atoms with van der Waals surface area (Å²) in [5.41, 5.74) is 0.747. The molecule has 13 atom stereocenters. The van der Waals surface area contributed by atoms with Gasteiger partial charge in [-0.15, -0.1) is 0 Å². The number of allylic oxidation sites excluding steroid dienone is 1. The summed E-state index contributed by atoms with van der Waals surface area (Å²) in [5, 5.41) is 30.1. The minimum absolute atomic E-state index is 0.167. The summed E-state index contributed by atoms with van der Waals surface area (Å²) in [5.74, 6) is 2.00. The molecule has 3 unspecified atom stereocenters. The summed E-state index contributed by atoms with van der Waals surface area (Å²) in [6.45, 7) is 17.6. The highest BCUT2D eigenvalue weighted by molar-refractivity contribution is 5.30. The Labute approximate surface area is 275 Å². The van der Waals surface area contributed by atoms with Gasteiger partial charge in [0, 0.05) is 11.8 Å². The van der Waals surface area contributed by atoms with Crippen LogP contribution in [0.2, 0.25) is 0 Å². The number of nitrogens with zero attached hydrogens (tertiary/aromatic N) is 3. The maximum absolute atomic E-state index is 11.6. The van der Waals surface area contributed by atoms with Crippen LogP contribution in [0.4, 0.5) is 0 Å². The number of hydrogen-bond acceptors (Lipinski definition) is 10. The molecule has 1 saturated heterocycles. The molecular formula is C36H59N3O7. The van der Waals surface area contributed by atoms with Gasteiger partial charge in [0.25, 0.3) is 0 Å². The molecule has 5 aliphatic rings. The van der Waals surface area contributed by atoms with E-state index in [4.69, 9.17) is 9.47 Å². The van der Waals surface area contributed by atoms with Crippen molar-refractivity contribution in [3.05, 3.63) is 26.4 Å². The van der Waals surface area contributed by atoms with Crippen molar-refractivity contribution in [3.63, 3.8) is 0 Å². The molecule has 4 aliphatic carbocycles. The van der Waals surface area contributed by atoms with E-state index in [0.717, 1.165) is 25.7 Å². The van der Waals surface area contributed by atoms with E-state index in [-0.39, 0.29) is 40.8 Å². The normalized spacial score (nSPS) is 45.0. The quantitative estimate of drug-likeness (QED) is 0.173. The zero-order valence-electron chi connectivity index (χ0n) is 29.4. The summed E-state index contributed by atoms with van der Waals surface area (Å²) in [7, 11) is 0. The van der Waals surface area contributed by atoms with E-state index < -0.39 is 36.1 Å². The summed E-state index contributed by atoms with van der Waals surface area (Å²) >= 11 is 0. The highest BCUT2D eigenvalue weighted by Gasteiger charge is 2.67. The summed E-state index contributed by atoms with van der Waals surface area (Å²) in [4.78, 5) is 34.4. The number of hydrogen-bond donors (Lipinski definition) is 2. The van der Waals surface area contributed by atoms with Crippen LogP contribution < -0.4 is 0 Å². The van der Waals surface area contributed by atoms with Crippen molar-refractivity contribution < 1.29 is 19.7 Å². The zero-order chi connectivity index (χ0) is 33.9. The summed E-state index contributed by atoms with van der Waals surface area (Å²) < 4.78 is 12.4. The highest BCUT2D eigenvalue weighted by Crippen LogP contribution is 2.75. The molecule has 1 aliphatic heterocycles. The fourth-order valence-corrected chi connectivity index (χ4v) is 11.5. The third-order valence-electron chi connectivity index (χ3n) is 14.8. The Morgan fingerprint density at radius 2 is 1.74 bits per heavy atom. The molecule has 46 heavy (non-hydrogen) atoms. The second kappa shape index (κ2) is 12.7. The SMILES string of the molecule is C[C@H](CC[C@@H](N=O)C(C)(C)N=O)C1CC[C@@]2(C)C3CC=C4C(CC[C@H](O[C@@H]5O[C@H](CO)C[C@H](N=O)[C@H]5O)C4(C)C)[C@]3(C)CC[C@]12C. The monoisotopic (exact) mass is 645 g/mol. The molecule has 10 heteroatoms. The second-order valence-electron chi connectivity index (χ2n) is 17.5. The van der Waals surface area contributed by atoms with Crippen LogP contribution in [0.1, 0.15) is 120 Å². The van der Waals surface area contributed by atoms with E-state index in [2.05, 4.69) is 63.1 Å². The smallest absolute Gasteiger partial charge is 0.186 e. The van der Waals surface area contributed by atoms with Gasteiger partial charge in [-0.05, 0) is 112 Å². The first-order chi connectivity index (χ1) is 21.5. The van der Waals surface area contributed by atoms with E-state index >= 15 is 0 Å². The zero-order valence-corrected chi connectivity index (χ0v) is 29.4. The van der Waals surface area contributed by atoms with E-state index in [1.165, 1.54) is 31.3 Å². The lowest BCUT2D eigenvalue weighted by Crippen LogP contribution is -2.60. The molecule has 5 rings (SSSR count). The van der Waals surface area contributed by atoms with Crippen molar-refractivity contribution in [1.82, 2.24) is 0 Å². The lowest BCUT2D eigenvalue weighted by atomic mass is 9.39. The van der Waals surface area contributed by atoms with Gasteiger partial charge < -0.3 is 19.7 Å². The minimum Gasteiger partial charge on any atom is -0.394 e. The van der Waals surface area contributed by atoms with E-state index in [9.17, 15) is 24.9 Å². The lowest BCUT2D eigenvalue weighted by Gasteiger charge is -2.66. The number of ether oxygens (including phenoxy) is 2. The minimum atomic E-state index is -1.15. The van der Waals surface area contributed by atoms with Crippen LogP contribution >= 0.6 is 0 Å². The Morgan fingerprint density at radius 1 is 1.02 bits per heavy atom. The third-order valence-corrected chi connectivity index (χ3v) is 14.8. The van der Waals surface area contributed by atoms with Crippen LogP contribution in [0.25, 0.3) is 0 Å². The molecule has 0 amide bonds. The molecule has 2 N–H and O–H groups in total. The van der Waals surface area contributed by atoms with Crippen molar-refractivity contribution >= 4 is 0 Å². The van der Waals surface area contributed by atoms with Crippen molar-refractivity contribution in [1.29, 1.82) is 0 Å². The number of aliphatic hydroxyl groups is 2. The second-order valence-corrected chi connectivity index (χ2v) is 17.5. The molecule has 0 radical (unpaired) electrons. The molecule has 0 spiro atoms. The van der Waals surface area contributed by atoms with E-state index in [1.54, 1.807) is 13.8 Å². The molecule has 0 aromatic rings. The van der Waals surface area contributed by atoms with E-state index in [0.29, 0.717) is 30.1 Å². The van der Waals surface area contributed by atoms with Gasteiger partial charge in [-0.2, -0.15) is 14.7 Å². The predicted molar refractivity (Wildman–Crippen MR) is 178 cm³/mol. The van der Waals surface area contributed by atoms with Crippen molar-refractivity contribution in [2.24, 2.45) is 60.9 Å². The molecule has 10 nitrogen and oxygen atoms in total. The van der Waals surface area contributed by atoms with Crippen LogP contribution in [0.15, 0.2) is 27.2 Å². The summed E-state index contributed by atoms with van der Waals surface area (Å²) in [6, 6.07) is -1.46. The van der Waals surface area contributed by atoms with Crippen molar-refractivity contribution in [2.45, 2.75) is 162 Å². The largest absolute Gasteiger partial charge is 0.394 e. The average molecular weight is 646 g/mol. The van der Waals surface area contributed by atoms with Gasteiger partial charge in [-0.1, -0.05) is 68.7 Å². The third kappa shape index (κ3) is 5.55. The van der Waals surface area contributed by atoms with Gasteiger partial charge in [-0.25, -0.2) is 0 Å². The fourth-order valence-electron chi connectivity index (χ4n) is 11.5. The first-order valence-electron chi connectivity index (χ1n) is 17.8. The highest BCUT2D eigenvalue weighted by atomic mass is 16.7. The van der Waals surface area contributed by atoms with Gasteiger partial charge in [0.05, 0.1) is 18.8 Å². The number of rotatable bonds is 11. The Morgan fingerprint density at radius 3 is 2.37 bits per heavy atom. The first-order valence-corrected chi connectivity index (χ1v) is 17.8. The molecule has 0 aromatic heterocycles. The van der Waals surface area contributed by atoms with Gasteiger partial charge in [0.2, 0.25) is 0 Å². The Kier molecular flexibility index (Phi) is 9.84. The molecule has 1 heterocycles. The molecule has 4 fully saturated rings.